The maximum absolute atomic E-state index is 12.6. The normalized spacial score (nSPS) is 11.7. The number of anilines is 2. The summed E-state index contributed by atoms with van der Waals surface area (Å²) in [6, 6.07) is 20.1. The molecular formula is C22H20N2O4S. The lowest BCUT2D eigenvalue weighted by atomic mass is 10.1. The summed E-state index contributed by atoms with van der Waals surface area (Å²) in [5, 5.41) is 4.71. The monoisotopic (exact) mass is 408 g/mol. The highest BCUT2D eigenvalue weighted by Crippen LogP contribution is 2.30. The van der Waals surface area contributed by atoms with Gasteiger partial charge in [-0.25, -0.2) is 8.42 Å². The number of hydrogen-bond acceptors (Lipinski definition) is 4. The Kier molecular flexibility index (Phi) is 4.76. The van der Waals surface area contributed by atoms with E-state index in [9.17, 15) is 13.2 Å². The summed E-state index contributed by atoms with van der Waals surface area (Å²) in [7, 11) is -3.62. The number of para-hydroxylation sites is 1. The molecule has 6 nitrogen and oxygen atoms in total. The molecule has 0 atom stereocenters. The van der Waals surface area contributed by atoms with Crippen LogP contribution in [0, 0.1) is 6.92 Å². The van der Waals surface area contributed by atoms with Gasteiger partial charge in [0.2, 0.25) is 15.9 Å². The van der Waals surface area contributed by atoms with Crippen LogP contribution in [-0.2, 0) is 14.8 Å². The van der Waals surface area contributed by atoms with Crippen LogP contribution >= 0.6 is 0 Å². The van der Waals surface area contributed by atoms with Gasteiger partial charge in [-0.1, -0.05) is 35.9 Å². The van der Waals surface area contributed by atoms with Gasteiger partial charge in [0.05, 0.1) is 11.9 Å². The number of hydrogen-bond donors (Lipinski definition) is 1. The van der Waals surface area contributed by atoms with E-state index < -0.39 is 15.9 Å². The molecule has 3 aromatic carbocycles. The molecule has 0 saturated heterocycles. The van der Waals surface area contributed by atoms with Crippen molar-refractivity contribution in [3.05, 3.63) is 72.3 Å². The van der Waals surface area contributed by atoms with Crippen molar-refractivity contribution in [2.75, 3.05) is 22.4 Å². The fraction of sp³-hybridized carbons (Fsp3) is 0.136. The van der Waals surface area contributed by atoms with E-state index >= 15 is 0 Å². The smallest absolute Gasteiger partial charge is 0.245 e. The Bertz CT molecular complexity index is 1310. The number of rotatable bonds is 5. The van der Waals surface area contributed by atoms with Crippen LogP contribution in [0.15, 0.2) is 71.1 Å². The molecule has 0 aliphatic heterocycles. The van der Waals surface area contributed by atoms with Gasteiger partial charge in [0, 0.05) is 22.5 Å². The molecule has 1 aromatic heterocycles. The number of furan rings is 1. The third-order valence-electron chi connectivity index (χ3n) is 4.67. The molecule has 4 rings (SSSR count). The minimum Gasteiger partial charge on any atom is -0.456 e. The maximum Gasteiger partial charge on any atom is 0.245 e. The van der Waals surface area contributed by atoms with Gasteiger partial charge in [-0.05, 0) is 37.3 Å². The second kappa shape index (κ2) is 7.25. The summed E-state index contributed by atoms with van der Waals surface area (Å²) < 4.78 is 31.3. The van der Waals surface area contributed by atoms with Crippen LogP contribution in [0.1, 0.15) is 5.56 Å². The quantitative estimate of drug-likeness (QED) is 0.534. The van der Waals surface area contributed by atoms with Crippen molar-refractivity contribution in [2.24, 2.45) is 0 Å². The van der Waals surface area contributed by atoms with Crippen LogP contribution in [0.25, 0.3) is 21.9 Å². The summed E-state index contributed by atoms with van der Waals surface area (Å²) in [4.78, 5) is 12.6. The fourth-order valence-electron chi connectivity index (χ4n) is 3.25. The van der Waals surface area contributed by atoms with E-state index in [1.54, 1.807) is 36.4 Å². The number of amides is 1. The highest BCUT2D eigenvalue weighted by Gasteiger charge is 2.21. The van der Waals surface area contributed by atoms with Gasteiger partial charge in [0.1, 0.15) is 17.7 Å². The molecule has 0 spiro atoms. The van der Waals surface area contributed by atoms with E-state index in [0.717, 1.165) is 32.5 Å². The van der Waals surface area contributed by atoms with Gasteiger partial charge in [-0.3, -0.25) is 9.10 Å². The predicted molar refractivity (Wildman–Crippen MR) is 116 cm³/mol. The molecular weight excluding hydrogens is 388 g/mol. The third kappa shape index (κ3) is 3.95. The number of sulfonamides is 1. The van der Waals surface area contributed by atoms with E-state index in [2.05, 4.69) is 5.32 Å². The van der Waals surface area contributed by atoms with E-state index in [1.807, 2.05) is 37.3 Å². The second-order valence-electron chi connectivity index (χ2n) is 6.96. The van der Waals surface area contributed by atoms with Crippen LogP contribution in [0.2, 0.25) is 0 Å². The topological polar surface area (TPSA) is 79.6 Å². The average Bonchev–Trinajstić information content (AvgIpc) is 3.04. The molecule has 7 heteroatoms. The molecule has 148 valence electrons. The van der Waals surface area contributed by atoms with Crippen molar-refractivity contribution < 1.29 is 17.6 Å². The number of fused-ring (bicyclic) bond motifs is 3. The van der Waals surface area contributed by atoms with Crippen LogP contribution in [0.4, 0.5) is 11.4 Å². The Hall–Kier alpha value is -3.32. The SMILES string of the molecule is Cc1ccc(N(CC(=O)Nc2ccc3c(c2)oc2ccccc23)S(C)(=O)=O)cc1. The fourth-order valence-corrected chi connectivity index (χ4v) is 4.10. The molecule has 0 unspecified atom stereocenters. The Morgan fingerprint density at radius 2 is 1.66 bits per heavy atom. The summed E-state index contributed by atoms with van der Waals surface area (Å²) in [5.74, 6) is -0.438. The van der Waals surface area contributed by atoms with Crippen molar-refractivity contribution in [2.45, 2.75) is 6.92 Å². The molecule has 0 bridgehead atoms. The first-order valence-electron chi connectivity index (χ1n) is 9.07. The zero-order valence-corrected chi connectivity index (χ0v) is 16.9. The van der Waals surface area contributed by atoms with Crippen molar-refractivity contribution in [3.8, 4) is 0 Å². The number of nitrogens with zero attached hydrogens (tertiary/aromatic N) is 1. The van der Waals surface area contributed by atoms with Crippen molar-refractivity contribution in [3.63, 3.8) is 0 Å². The Morgan fingerprint density at radius 3 is 2.38 bits per heavy atom. The zero-order chi connectivity index (χ0) is 20.6. The number of aryl methyl sites for hydroxylation is 1. The molecule has 0 fully saturated rings. The molecule has 0 aliphatic rings. The lowest BCUT2D eigenvalue weighted by molar-refractivity contribution is -0.114. The molecule has 0 saturated carbocycles. The van der Waals surface area contributed by atoms with Gasteiger partial charge in [-0.2, -0.15) is 0 Å². The van der Waals surface area contributed by atoms with Gasteiger partial charge >= 0.3 is 0 Å². The summed E-state index contributed by atoms with van der Waals surface area (Å²) in [6.45, 7) is 1.59. The lowest BCUT2D eigenvalue weighted by Gasteiger charge is -2.22. The standard InChI is InChI=1S/C22H20N2O4S/c1-15-7-10-17(11-8-15)24(29(2,26)27)14-22(25)23-16-9-12-19-18-5-3-4-6-20(18)28-21(19)13-16/h3-13H,14H2,1-2H3,(H,23,25). The van der Waals surface area contributed by atoms with E-state index in [0.29, 0.717) is 17.0 Å². The summed E-state index contributed by atoms with van der Waals surface area (Å²) >= 11 is 0. The van der Waals surface area contributed by atoms with Crippen LogP contribution in [0.5, 0.6) is 0 Å². The highest BCUT2D eigenvalue weighted by atomic mass is 32.2. The first-order valence-corrected chi connectivity index (χ1v) is 10.9. The van der Waals surface area contributed by atoms with Crippen molar-refractivity contribution in [1.82, 2.24) is 0 Å². The Labute approximate surface area is 168 Å². The van der Waals surface area contributed by atoms with Gasteiger partial charge < -0.3 is 9.73 Å². The van der Waals surface area contributed by atoms with E-state index in [1.165, 1.54) is 0 Å². The summed E-state index contributed by atoms with van der Waals surface area (Å²) in [6.07, 6.45) is 1.08. The van der Waals surface area contributed by atoms with E-state index in [-0.39, 0.29) is 6.54 Å². The van der Waals surface area contributed by atoms with Crippen LogP contribution < -0.4 is 9.62 Å². The minimum atomic E-state index is -3.62. The van der Waals surface area contributed by atoms with Crippen molar-refractivity contribution >= 4 is 49.2 Å². The van der Waals surface area contributed by atoms with E-state index in [4.69, 9.17) is 4.42 Å². The number of benzene rings is 3. The lowest BCUT2D eigenvalue weighted by Crippen LogP contribution is -2.37. The molecule has 29 heavy (non-hydrogen) atoms. The highest BCUT2D eigenvalue weighted by molar-refractivity contribution is 7.92. The number of carbonyl (C=O) groups excluding carboxylic acids is 1. The van der Waals surface area contributed by atoms with Crippen molar-refractivity contribution in [1.29, 1.82) is 0 Å². The molecule has 1 N–H and O–H groups in total. The number of nitrogens with one attached hydrogen (secondary N) is 1. The molecule has 0 radical (unpaired) electrons. The van der Waals surface area contributed by atoms with Crippen LogP contribution in [-0.4, -0.2) is 27.1 Å². The predicted octanol–water partition coefficient (Wildman–Crippen LogP) is 4.30. The molecule has 0 aliphatic carbocycles. The first-order chi connectivity index (χ1) is 13.8. The number of carbonyl (C=O) groups is 1. The first kappa shape index (κ1) is 19.0. The maximum atomic E-state index is 12.6. The Balaban J connectivity index is 1.57. The van der Waals surface area contributed by atoms with Gasteiger partial charge in [0.25, 0.3) is 0 Å². The minimum absolute atomic E-state index is 0.319. The summed E-state index contributed by atoms with van der Waals surface area (Å²) in [5.41, 5.74) is 3.42. The Morgan fingerprint density at radius 1 is 0.966 bits per heavy atom. The average molecular weight is 408 g/mol. The molecule has 4 aromatic rings. The third-order valence-corrected chi connectivity index (χ3v) is 5.81. The second-order valence-corrected chi connectivity index (χ2v) is 8.87. The van der Waals surface area contributed by atoms with Gasteiger partial charge in [-0.15, -0.1) is 0 Å². The zero-order valence-electron chi connectivity index (χ0n) is 16.0. The largest absolute Gasteiger partial charge is 0.456 e. The molecule has 1 heterocycles. The molecule has 1 amide bonds. The van der Waals surface area contributed by atoms with Crippen LogP contribution in [0.3, 0.4) is 0 Å². The van der Waals surface area contributed by atoms with Gasteiger partial charge in [0.15, 0.2) is 0 Å².